The molecule has 1 aliphatic heterocycles. The Balaban J connectivity index is 1.96. The number of hydrogen-bond donors (Lipinski definition) is 1. The zero-order valence-electron chi connectivity index (χ0n) is 12.2. The first kappa shape index (κ1) is 13.9. The van der Waals surface area contributed by atoms with Crippen LogP contribution in [0.2, 0.25) is 0 Å². The van der Waals surface area contributed by atoms with E-state index in [0.29, 0.717) is 0 Å². The lowest BCUT2D eigenvalue weighted by atomic mass is 9.75. The molecule has 1 saturated carbocycles. The number of rotatable bonds is 3. The lowest BCUT2D eigenvalue weighted by molar-refractivity contribution is -0.140. The highest BCUT2D eigenvalue weighted by molar-refractivity contribution is 5.85. The van der Waals surface area contributed by atoms with E-state index in [4.69, 9.17) is 0 Å². The smallest absolute Gasteiger partial charge is 0.242 e. The molecule has 104 valence electrons. The van der Waals surface area contributed by atoms with Crippen LogP contribution in [-0.2, 0) is 4.79 Å². The summed E-state index contributed by atoms with van der Waals surface area (Å²) in [6, 6.07) is 0. The first-order chi connectivity index (χ1) is 8.54. The highest BCUT2D eigenvalue weighted by atomic mass is 16.2. The summed E-state index contributed by atoms with van der Waals surface area (Å²) >= 11 is 0. The molecule has 2 rings (SSSR count). The number of nitrogens with zero attached hydrogens (tertiary/aromatic N) is 1. The SMILES string of the molecule is CCNC(C)(C)C(=O)N1CCC2CCCCC2C1. The molecule has 2 fully saturated rings. The number of carbonyl (C=O) groups is 1. The Morgan fingerprint density at radius 1 is 1.22 bits per heavy atom. The van der Waals surface area contributed by atoms with Gasteiger partial charge in [-0.25, -0.2) is 0 Å². The molecule has 1 N–H and O–H groups in total. The third-order valence-corrected chi connectivity index (χ3v) is 4.73. The van der Waals surface area contributed by atoms with Crippen LogP contribution in [-0.4, -0.2) is 36.0 Å². The molecule has 0 spiro atoms. The molecule has 2 atom stereocenters. The maximum atomic E-state index is 12.5. The molecule has 1 amide bonds. The van der Waals surface area contributed by atoms with Gasteiger partial charge < -0.3 is 10.2 Å². The van der Waals surface area contributed by atoms with Crippen molar-refractivity contribution in [3.05, 3.63) is 0 Å². The Kier molecular flexibility index (Phi) is 4.31. The molecule has 2 aliphatic rings. The largest absolute Gasteiger partial charge is 0.341 e. The van der Waals surface area contributed by atoms with Gasteiger partial charge in [-0.3, -0.25) is 4.79 Å². The maximum absolute atomic E-state index is 12.5. The molecular weight excluding hydrogens is 224 g/mol. The third kappa shape index (κ3) is 2.87. The van der Waals surface area contributed by atoms with Gasteiger partial charge in [-0.2, -0.15) is 0 Å². The number of likely N-dealkylation sites (N-methyl/N-ethyl adjacent to an activating group) is 1. The second-order valence-corrected chi connectivity index (χ2v) is 6.50. The number of carbonyl (C=O) groups excluding carboxylic acids is 1. The summed E-state index contributed by atoms with van der Waals surface area (Å²) in [5, 5.41) is 3.30. The van der Waals surface area contributed by atoms with Gasteiger partial charge in [-0.05, 0) is 45.1 Å². The standard InChI is InChI=1S/C15H28N2O/c1-4-16-15(2,3)14(18)17-10-9-12-7-5-6-8-13(12)11-17/h12-13,16H,4-11H2,1-3H3. The van der Waals surface area contributed by atoms with Crippen LogP contribution < -0.4 is 5.32 Å². The first-order valence-corrected chi connectivity index (χ1v) is 7.59. The number of piperidine rings is 1. The summed E-state index contributed by atoms with van der Waals surface area (Å²) in [7, 11) is 0. The van der Waals surface area contributed by atoms with Gasteiger partial charge in [0.2, 0.25) is 5.91 Å². The average Bonchev–Trinajstić information content (AvgIpc) is 2.37. The van der Waals surface area contributed by atoms with Crippen molar-refractivity contribution >= 4 is 5.91 Å². The summed E-state index contributed by atoms with van der Waals surface area (Å²) in [5.41, 5.74) is -0.406. The molecule has 3 nitrogen and oxygen atoms in total. The molecule has 0 aromatic heterocycles. The van der Waals surface area contributed by atoms with E-state index < -0.39 is 5.54 Å². The molecule has 0 aromatic carbocycles. The summed E-state index contributed by atoms with van der Waals surface area (Å²) in [6.45, 7) is 8.88. The fraction of sp³-hybridized carbons (Fsp3) is 0.933. The number of amides is 1. The number of fused-ring (bicyclic) bond motifs is 1. The van der Waals surface area contributed by atoms with Gasteiger partial charge >= 0.3 is 0 Å². The summed E-state index contributed by atoms with van der Waals surface area (Å²) in [6.07, 6.45) is 6.70. The fourth-order valence-corrected chi connectivity index (χ4v) is 3.70. The Morgan fingerprint density at radius 2 is 1.89 bits per heavy atom. The Morgan fingerprint density at radius 3 is 2.56 bits per heavy atom. The van der Waals surface area contributed by atoms with Crippen LogP contribution in [0.5, 0.6) is 0 Å². The van der Waals surface area contributed by atoms with Crippen LogP contribution in [0.15, 0.2) is 0 Å². The second-order valence-electron chi connectivity index (χ2n) is 6.50. The lowest BCUT2D eigenvalue weighted by Crippen LogP contribution is -2.57. The molecule has 1 saturated heterocycles. The van der Waals surface area contributed by atoms with Gasteiger partial charge in [-0.15, -0.1) is 0 Å². The lowest BCUT2D eigenvalue weighted by Gasteiger charge is -2.43. The Bertz CT molecular complexity index is 301. The summed E-state index contributed by atoms with van der Waals surface area (Å²) in [5.74, 6) is 1.95. The molecule has 1 heterocycles. The van der Waals surface area contributed by atoms with E-state index in [-0.39, 0.29) is 5.91 Å². The van der Waals surface area contributed by atoms with E-state index in [1.165, 1.54) is 32.1 Å². The van der Waals surface area contributed by atoms with Crippen LogP contribution in [0.3, 0.4) is 0 Å². The van der Waals surface area contributed by atoms with E-state index in [2.05, 4.69) is 17.1 Å². The van der Waals surface area contributed by atoms with E-state index in [1.807, 2.05) is 13.8 Å². The van der Waals surface area contributed by atoms with Crippen LogP contribution in [0.4, 0.5) is 0 Å². The minimum absolute atomic E-state index is 0.286. The normalized spacial score (nSPS) is 28.9. The van der Waals surface area contributed by atoms with Crippen molar-refractivity contribution in [2.75, 3.05) is 19.6 Å². The molecule has 18 heavy (non-hydrogen) atoms. The van der Waals surface area contributed by atoms with Crippen molar-refractivity contribution in [1.82, 2.24) is 10.2 Å². The third-order valence-electron chi connectivity index (χ3n) is 4.73. The van der Waals surface area contributed by atoms with Crippen LogP contribution in [0.1, 0.15) is 52.9 Å². The van der Waals surface area contributed by atoms with Crippen molar-refractivity contribution in [1.29, 1.82) is 0 Å². The maximum Gasteiger partial charge on any atom is 0.242 e. The topological polar surface area (TPSA) is 32.3 Å². The van der Waals surface area contributed by atoms with E-state index in [1.54, 1.807) is 0 Å². The predicted octanol–water partition coefficient (Wildman–Crippen LogP) is 2.41. The van der Waals surface area contributed by atoms with E-state index >= 15 is 0 Å². The first-order valence-electron chi connectivity index (χ1n) is 7.59. The summed E-state index contributed by atoms with van der Waals surface area (Å²) in [4.78, 5) is 14.7. The van der Waals surface area contributed by atoms with Gasteiger partial charge in [0.05, 0.1) is 5.54 Å². The van der Waals surface area contributed by atoms with Gasteiger partial charge in [0.25, 0.3) is 0 Å². The monoisotopic (exact) mass is 252 g/mol. The number of hydrogen-bond acceptors (Lipinski definition) is 2. The zero-order valence-corrected chi connectivity index (χ0v) is 12.2. The zero-order chi connectivity index (χ0) is 13.2. The number of nitrogens with one attached hydrogen (secondary N) is 1. The van der Waals surface area contributed by atoms with Crippen LogP contribution >= 0.6 is 0 Å². The molecule has 0 bridgehead atoms. The average molecular weight is 252 g/mol. The molecule has 0 aromatic rings. The van der Waals surface area contributed by atoms with Gasteiger partial charge in [0.1, 0.15) is 0 Å². The second kappa shape index (κ2) is 5.60. The van der Waals surface area contributed by atoms with Crippen molar-refractivity contribution in [2.45, 2.75) is 58.4 Å². The van der Waals surface area contributed by atoms with Crippen molar-refractivity contribution in [2.24, 2.45) is 11.8 Å². The van der Waals surface area contributed by atoms with Crippen molar-refractivity contribution in [3.63, 3.8) is 0 Å². The molecule has 0 radical (unpaired) electrons. The van der Waals surface area contributed by atoms with E-state index in [9.17, 15) is 4.79 Å². The Labute approximate surface area is 111 Å². The van der Waals surface area contributed by atoms with Crippen molar-refractivity contribution < 1.29 is 4.79 Å². The molecule has 1 aliphatic carbocycles. The van der Waals surface area contributed by atoms with Crippen molar-refractivity contribution in [3.8, 4) is 0 Å². The quantitative estimate of drug-likeness (QED) is 0.836. The van der Waals surface area contributed by atoms with Gasteiger partial charge in [-0.1, -0.05) is 26.2 Å². The minimum atomic E-state index is -0.406. The predicted molar refractivity (Wildman–Crippen MR) is 74.4 cm³/mol. The summed E-state index contributed by atoms with van der Waals surface area (Å²) < 4.78 is 0. The highest BCUT2D eigenvalue weighted by Crippen LogP contribution is 2.36. The van der Waals surface area contributed by atoms with Crippen LogP contribution in [0, 0.1) is 11.8 Å². The highest BCUT2D eigenvalue weighted by Gasteiger charge is 2.37. The molecule has 2 unspecified atom stereocenters. The minimum Gasteiger partial charge on any atom is -0.341 e. The molecule has 3 heteroatoms. The fourth-order valence-electron chi connectivity index (χ4n) is 3.70. The number of likely N-dealkylation sites (tertiary alicyclic amines) is 1. The Hall–Kier alpha value is -0.570. The molecular formula is C15H28N2O. The van der Waals surface area contributed by atoms with Gasteiger partial charge in [0.15, 0.2) is 0 Å². The van der Waals surface area contributed by atoms with Gasteiger partial charge in [0, 0.05) is 13.1 Å². The van der Waals surface area contributed by atoms with Crippen LogP contribution in [0.25, 0.3) is 0 Å². The van der Waals surface area contributed by atoms with E-state index in [0.717, 1.165) is 31.5 Å².